The highest BCUT2D eigenvalue weighted by Gasteiger charge is 2.12. The van der Waals surface area contributed by atoms with Crippen molar-refractivity contribution in [2.24, 2.45) is 5.10 Å². The Bertz CT molecular complexity index is 407. The number of carbonyl (C=O) groups excluding carboxylic acids is 1. The molecule has 2 N–H and O–H groups in total. The SMILES string of the molecule is CCCC=NNC(=O)c1ccnc(O)c1I. The molecule has 6 heteroatoms. The molecule has 1 aromatic heterocycles. The predicted molar refractivity (Wildman–Crippen MR) is 69.5 cm³/mol. The van der Waals surface area contributed by atoms with Gasteiger partial charge in [-0.1, -0.05) is 13.3 Å². The van der Waals surface area contributed by atoms with Crippen LogP contribution in [0.15, 0.2) is 17.4 Å². The smallest absolute Gasteiger partial charge is 0.272 e. The molecular formula is C10H12IN3O2. The molecule has 1 amide bonds. The Kier molecular flexibility index (Phi) is 5.17. The topological polar surface area (TPSA) is 74.6 Å². The maximum Gasteiger partial charge on any atom is 0.272 e. The number of halogens is 1. The van der Waals surface area contributed by atoms with E-state index in [4.69, 9.17) is 0 Å². The number of hydrogen-bond acceptors (Lipinski definition) is 4. The zero-order chi connectivity index (χ0) is 12.0. The number of amides is 1. The van der Waals surface area contributed by atoms with Gasteiger partial charge in [-0.2, -0.15) is 5.10 Å². The monoisotopic (exact) mass is 333 g/mol. The van der Waals surface area contributed by atoms with Gasteiger partial charge in [-0.15, -0.1) is 0 Å². The van der Waals surface area contributed by atoms with Crippen LogP contribution in [0.25, 0.3) is 0 Å². The van der Waals surface area contributed by atoms with Gasteiger partial charge in [0, 0.05) is 12.4 Å². The third kappa shape index (κ3) is 3.44. The number of hydrazone groups is 1. The molecule has 0 radical (unpaired) electrons. The Hall–Kier alpha value is -1.18. The van der Waals surface area contributed by atoms with Crippen LogP contribution >= 0.6 is 22.6 Å². The maximum absolute atomic E-state index is 11.6. The molecule has 0 spiro atoms. The molecule has 86 valence electrons. The van der Waals surface area contributed by atoms with Crippen molar-refractivity contribution in [3.8, 4) is 5.88 Å². The normalized spacial score (nSPS) is 10.6. The van der Waals surface area contributed by atoms with Gasteiger partial charge in [0.05, 0.1) is 9.13 Å². The number of nitrogens with one attached hydrogen (secondary N) is 1. The molecule has 0 saturated heterocycles. The Balaban J connectivity index is 2.70. The van der Waals surface area contributed by atoms with Crippen molar-refractivity contribution >= 4 is 34.7 Å². The van der Waals surface area contributed by atoms with Gasteiger partial charge in [0.2, 0.25) is 5.88 Å². The second-order valence-electron chi connectivity index (χ2n) is 3.04. The van der Waals surface area contributed by atoms with Crippen LogP contribution in [0.4, 0.5) is 0 Å². The Morgan fingerprint density at radius 3 is 3.19 bits per heavy atom. The number of hydrogen-bond donors (Lipinski definition) is 2. The Morgan fingerprint density at radius 1 is 1.75 bits per heavy atom. The zero-order valence-electron chi connectivity index (χ0n) is 8.77. The van der Waals surface area contributed by atoms with Crippen LogP contribution in [-0.2, 0) is 0 Å². The van der Waals surface area contributed by atoms with Crippen molar-refractivity contribution in [2.75, 3.05) is 0 Å². The first-order valence-electron chi connectivity index (χ1n) is 4.82. The molecule has 0 aromatic carbocycles. The first-order chi connectivity index (χ1) is 7.66. The Morgan fingerprint density at radius 2 is 2.50 bits per heavy atom. The summed E-state index contributed by atoms with van der Waals surface area (Å²) >= 11 is 1.86. The number of carbonyl (C=O) groups is 1. The second kappa shape index (κ2) is 6.41. The number of aromatic nitrogens is 1. The van der Waals surface area contributed by atoms with Gasteiger partial charge < -0.3 is 5.11 Å². The molecule has 1 rings (SSSR count). The van der Waals surface area contributed by atoms with Crippen molar-refractivity contribution in [1.29, 1.82) is 0 Å². The number of rotatable bonds is 4. The van der Waals surface area contributed by atoms with Crippen molar-refractivity contribution in [3.05, 3.63) is 21.4 Å². The van der Waals surface area contributed by atoms with E-state index in [1.165, 1.54) is 12.3 Å². The Labute approximate surface area is 107 Å². The van der Waals surface area contributed by atoms with Crippen LogP contribution in [0, 0.1) is 3.57 Å². The molecule has 16 heavy (non-hydrogen) atoms. The van der Waals surface area contributed by atoms with Crippen molar-refractivity contribution < 1.29 is 9.90 Å². The molecule has 0 fully saturated rings. The molecule has 0 aliphatic carbocycles. The largest absolute Gasteiger partial charge is 0.493 e. The molecule has 0 saturated carbocycles. The van der Waals surface area contributed by atoms with Gasteiger partial charge in [0.25, 0.3) is 5.91 Å². The molecule has 0 atom stereocenters. The van der Waals surface area contributed by atoms with Crippen molar-refractivity contribution in [1.82, 2.24) is 10.4 Å². The molecule has 1 heterocycles. The summed E-state index contributed by atoms with van der Waals surface area (Å²) < 4.78 is 0.420. The minimum atomic E-state index is -0.352. The number of nitrogens with zero attached hydrogens (tertiary/aromatic N) is 2. The van der Waals surface area contributed by atoms with Crippen LogP contribution in [0.2, 0.25) is 0 Å². The van der Waals surface area contributed by atoms with Crippen LogP contribution in [-0.4, -0.2) is 22.2 Å². The van der Waals surface area contributed by atoms with E-state index in [2.05, 4.69) is 15.5 Å². The fraction of sp³-hybridized carbons (Fsp3) is 0.300. The van der Waals surface area contributed by atoms with E-state index in [-0.39, 0.29) is 11.8 Å². The van der Waals surface area contributed by atoms with Crippen LogP contribution < -0.4 is 5.43 Å². The van der Waals surface area contributed by atoms with E-state index in [1.54, 1.807) is 6.21 Å². The van der Waals surface area contributed by atoms with Gasteiger partial charge >= 0.3 is 0 Å². The molecule has 0 aliphatic rings. The van der Waals surface area contributed by atoms with E-state index >= 15 is 0 Å². The van der Waals surface area contributed by atoms with Gasteiger partial charge in [0.15, 0.2) is 0 Å². The fourth-order valence-corrected chi connectivity index (χ4v) is 1.53. The standard InChI is InChI=1S/C10H12IN3O2/c1-2-3-5-13-14-9(15)7-4-6-12-10(16)8(7)11/h4-6H,2-3H2,1H3,(H,12,16)(H,14,15). The second-order valence-corrected chi connectivity index (χ2v) is 4.12. The summed E-state index contributed by atoms with van der Waals surface area (Å²) in [5.41, 5.74) is 2.75. The quantitative estimate of drug-likeness (QED) is 0.502. The summed E-state index contributed by atoms with van der Waals surface area (Å²) in [6, 6.07) is 1.53. The summed E-state index contributed by atoms with van der Waals surface area (Å²) in [5, 5.41) is 13.1. The highest BCUT2D eigenvalue weighted by molar-refractivity contribution is 14.1. The summed E-state index contributed by atoms with van der Waals surface area (Å²) in [6.07, 6.45) is 4.82. The maximum atomic E-state index is 11.6. The lowest BCUT2D eigenvalue weighted by Gasteiger charge is -2.03. The van der Waals surface area contributed by atoms with Crippen molar-refractivity contribution in [3.63, 3.8) is 0 Å². The summed E-state index contributed by atoms with van der Waals surface area (Å²) in [6.45, 7) is 2.03. The third-order valence-electron chi connectivity index (χ3n) is 1.79. The van der Waals surface area contributed by atoms with Crippen molar-refractivity contribution in [2.45, 2.75) is 19.8 Å². The summed E-state index contributed by atoms with van der Waals surface area (Å²) in [5.74, 6) is -0.500. The first-order valence-corrected chi connectivity index (χ1v) is 5.90. The molecule has 0 bridgehead atoms. The fourth-order valence-electron chi connectivity index (χ4n) is 0.966. The number of pyridine rings is 1. The number of aromatic hydroxyl groups is 1. The average molecular weight is 333 g/mol. The van der Waals surface area contributed by atoms with Gasteiger partial charge in [-0.25, -0.2) is 10.4 Å². The average Bonchev–Trinajstić information content (AvgIpc) is 2.28. The van der Waals surface area contributed by atoms with Crippen LogP contribution in [0.5, 0.6) is 5.88 Å². The van der Waals surface area contributed by atoms with E-state index < -0.39 is 0 Å². The third-order valence-corrected chi connectivity index (χ3v) is 2.85. The predicted octanol–water partition coefficient (Wildman–Crippen LogP) is 1.91. The van der Waals surface area contributed by atoms with Crippen LogP contribution in [0.1, 0.15) is 30.1 Å². The lowest BCUT2D eigenvalue weighted by atomic mass is 10.2. The summed E-state index contributed by atoms with van der Waals surface area (Å²) in [7, 11) is 0. The first kappa shape index (κ1) is 12.9. The van der Waals surface area contributed by atoms with E-state index in [1.807, 2.05) is 29.5 Å². The molecule has 5 nitrogen and oxygen atoms in total. The van der Waals surface area contributed by atoms with E-state index in [0.717, 1.165) is 12.8 Å². The molecule has 0 aliphatic heterocycles. The molecule has 1 aromatic rings. The molecule has 0 unspecified atom stereocenters. The van der Waals surface area contributed by atoms with E-state index in [9.17, 15) is 9.90 Å². The minimum absolute atomic E-state index is 0.147. The zero-order valence-corrected chi connectivity index (χ0v) is 10.9. The lowest BCUT2D eigenvalue weighted by molar-refractivity contribution is 0.0953. The molecular weight excluding hydrogens is 321 g/mol. The van der Waals surface area contributed by atoms with E-state index in [0.29, 0.717) is 9.13 Å². The highest BCUT2D eigenvalue weighted by atomic mass is 127. The highest BCUT2D eigenvalue weighted by Crippen LogP contribution is 2.19. The van der Waals surface area contributed by atoms with Gasteiger partial charge in [-0.05, 0) is 35.1 Å². The van der Waals surface area contributed by atoms with Crippen LogP contribution in [0.3, 0.4) is 0 Å². The van der Waals surface area contributed by atoms with Gasteiger partial charge in [-0.3, -0.25) is 4.79 Å². The number of unbranched alkanes of at least 4 members (excludes halogenated alkanes) is 1. The lowest BCUT2D eigenvalue weighted by Crippen LogP contribution is -2.18. The van der Waals surface area contributed by atoms with Gasteiger partial charge in [0.1, 0.15) is 0 Å². The minimum Gasteiger partial charge on any atom is -0.493 e. The summed E-state index contributed by atoms with van der Waals surface area (Å²) in [4.78, 5) is 15.3.